The van der Waals surface area contributed by atoms with Crippen LogP contribution in [-0.4, -0.2) is 10.8 Å². The molecule has 12 heavy (non-hydrogen) atoms. The third-order valence-electron chi connectivity index (χ3n) is 1.62. The summed E-state index contributed by atoms with van der Waals surface area (Å²) in [5.74, 6) is 0. The van der Waals surface area contributed by atoms with E-state index in [1.165, 1.54) is 0 Å². The largest absolute Gasteiger partial charge is 0.334 e. The monoisotopic (exact) mass is 220 g/mol. The highest BCUT2D eigenvalue weighted by atomic mass is 35.5. The van der Waals surface area contributed by atoms with Crippen LogP contribution in [0.15, 0.2) is 10.4 Å². The van der Waals surface area contributed by atoms with Crippen molar-refractivity contribution in [3.8, 4) is 0 Å². The van der Waals surface area contributed by atoms with Gasteiger partial charge in [0, 0.05) is 6.21 Å². The summed E-state index contributed by atoms with van der Waals surface area (Å²) in [6.07, 6.45) is 1.70. The van der Waals surface area contributed by atoms with Crippen LogP contribution in [0.2, 0.25) is 0 Å². The minimum Gasteiger partial charge on any atom is -0.334 e. The maximum absolute atomic E-state index is 5.79. The van der Waals surface area contributed by atoms with Crippen LogP contribution < -0.4 is 5.32 Å². The lowest BCUT2D eigenvalue weighted by molar-refractivity contribution is 0.947. The Hall–Kier alpha value is -0.250. The summed E-state index contributed by atoms with van der Waals surface area (Å²) >= 11 is 13.2. The lowest BCUT2D eigenvalue weighted by atomic mass is 10.2. The Morgan fingerprint density at radius 1 is 1.58 bits per heavy atom. The van der Waals surface area contributed by atoms with Crippen LogP contribution in [0.4, 0.5) is 5.69 Å². The minimum atomic E-state index is -1.20. The van der Waals surface area contributed by atoms with Gasteiger partial charge < -0.3 is 5.32 Å². The molecule has 5 heteroatoms. The summed E-state index contributed by atoms with van der Waals surface area (Å²) in [7, 11) is 0. The first-order chi connectivity index (χ1) is 5.58. The number of nitrogens with one attached hydrogen (secondary N) is 1. The summed E-state index contributed by atoms with van der Waals surface area (Å²) in [5, 5.41) is 4.97. The van der Waals surface area contributed by atoms with E-state index in [0.717, 1.165) is 16.1 Å². The number of hydrogen-bond donors (Lipinski definition) is 1. The maximum Gasteiger partial charge on any atom is 0.285 e. The smallest absolute Gasteiger partial charge is 0.285 e. The highest BCUT2D eigenvalue weighted by Crippen LogP contribution is 2.36. The number of halogens is 2. The third kappa shape index (κ3) is 1.32. The van der Waals surface area contributed by atoms with E-state index < -0.39 is 4.58 Å². The predicted octanol–water partition coefficient (Wildman–Crippen LogP) is 2.99. The molecule has 0 spiro atoms. The summed E-state index contributed by atoms with van der Waals surface area (Å²) in [6, 6.07) is 0. The Balaban J connectivity index is 2.49. The van der Waals surface area contributed by atoms with E-state index in [4.69, 9.17) is 23.2 Å². The zero-order valence-electron chi connectivity index (χ0n) is 6.27. The first-order valence-corrected chi connectivity index (χ1v) is 5.01. The van der Waals surface area contributed by atoms with Crippen LogP contribution >= 0.6 is 34.5 Å². The number of hydrogen-bond acceptors (Lipinski definition) is 3. The summed E-state index contributed by atoms with van der Waals surface area (Å²) < 4.78 is -1.20. The third-order valence-corrected chi connectivity index (χ3v) is 3.04. The number of aliphatic imine (C=N–C) groups is 1. The maximum atomic E-state index is 5.79. The molecule has 1 N–H and O–H groups in total. The highest BCUT2D eigenvalue weighted by Gasteiger charge is 2.27. The van der Waals surface area contributed by atoms with E-state index in [2.05, 4.69) is 10.3 Å². The predicted molar refractivity (Wildman–Crippen MR) is 54.7 cm³/mol. The van der Waals surface area contributed by atoms with Crippen LogP contribution in [0, 0.1) is 6.92 Å². The van der Waals surface area contributed by atoms with Gasteiger partial charge in [0.1, 0.15) is 0 Å². The van der Waals surface area contributed by atoms with Crippen molar-refractivity contribution in [1.82, 2.24) is 0 Å². The molecule has 2 rings (SSSR count). The van der Waals surface area contributed by atoms with Crippen molar-refractivity contribution in [3.05, 3.63) is 15.8 Å². The van der Waals surface area contributed by atoms with Crippen molar-refractivity contribution in [2.45, 2.75) is 11.5 Å². The van der Waals surface area contributed by atoms with E-state index in [1.54, 1.807) is 17.6 Å². The molecule has 1 aromatic heterocycles. The average Bonchev–Trinajstić information content (AvgIpc) is 2.31. The molecule has 1 aliphatic heterocycles. The van der Waals surface area contributed by atoms with Gasteiger partial charge in [0.05, 0.1) is 10.6 Å². The van der Waals surface area contributed by atoms with Crippen molar-refractivity contribution in [3.63, 3.8) is 0 Å². The molecule has 0 saturated heterocycles. The first-order valence-electron chi connectivity index (χ1n) is 3.38. The van der Waals surface area contributed by atoms with Crippen LogP contribution in [0.1, 0.15) is 10.4 Å². The molecule has 0 saturated carbocycles. The summed E-state index contributed by atoms with van der Waals surface area (Å²) in [4.78, 5) is 5.00. The molecule has 0 aliphatic carbocycles. The van der Waals surface area contributed by atoms with Gasteiger partial charge in [-0.1, -0.05) is 23.2 Å². The first kappa shape index (κ1) is 8.35. The van der Waals surface area contributed by atoms with Gasteiger partial charge in [-0.3, -0.25) is 0 Å². The van der Waals surface area contributed by atoms with Crippen LogP contribution in [0.5, 0.6) is 0 Å². The molecule has 0 bridgehead atoms. The van der Waals surface area contributed by atoms with E-state index in [-0.39, 0.29) is 0 Å². The van der Waals surface area contributed by atoms with Gasteiger partial charge in [0.15, 0.2) is 0 Å². The van der Waals surface area contributed by atoms with Crippen molar-refractivity contribution in [2.24, 2.45) is 4.99 Å². The van der Waals surface area contributed by atoms with Crippen molar-refractivity contribution >= 4 is 46.4 Å². The van der Waals surface area contributed by atoms with Crippen LogP contribution in [-0.2, 0) is 0 Å². The zero-order chi connectivity index (χ0) is 8.77. The number of fused-ring (bicyclic) bond motifs is 1. The topological polar surface area (TPSA) is 24.4 Å². The SMILES string of the molecule is Cc1csc2c1NC(Cl)(Cl)N=C2. The fraction of sp³-hybridized carbons (Fsp3) is 0.286. The molecule has 2 nitrogen and oxygen atoms in total. The Kier molecular flexibility index (Phi) is 1.82. The Morgan fingerprint density at radius 2 is 2.33 bits per heavy atom. The van der Waals surface area contributed by atoms with E-state index in [1.807, 2.05) is 12.3 Å². The number of thiophene rings is 1. The fourth-order valence-electron chi connectivity index (χ4n) is 1.04. The molecule has 64 valence electrons. The second-order valence-electron chi connectivity index (χ2n) is 2.58. The second kappa shape index (κ2) is 2.62. The second-order valence-corrected chi connectivity index (χ2v) is 4.78. The van der Waals surface area contributed by atoms with Gasteiger partial charge in [-0.05, 0) is 17.9 Å². The van der Waals surface area contributed by atoms with Crippen molar-refractivity contribution in [1.29, 1.82) is 0 Å². The number of alkyl halides is 2. The quantitative estimate of drug-likeness (QED) is 0.528. The summed E-state index contributed by atoms with van der Waals surface area (Å²) in [5.41, 5.74) is 2.13. The van der Waals surface area contributed by atoms with Crippen LogP contribution in [0.25, 0.3) is 0 Å². The molecule has 0 atom stereocenters. The molecular formula is C7H6Cl2N2S. The number of nitrogens with zero attached hydrogens (tertiary/aromatic N) is 1. The minimum absolute atomic E-state index is 0.986. The van der Waals surface area contributed by atoms with Gasteiger partial charge in [-0.15, -0.1) is 11.3 Å². The summed E-state index contributed by atoms with van der Waals surface area (Å²) in [6.45, 7) is 2.01. The number of aryl methyl sites for hydroxylation is 1. The van der Waals surface area contributed by atoms with Gasteiger partial charge in [0.2, 0.25) is 0 Å². The lowest BCUT2D eigenvalue weighted by Gasteiger charge is -2.21. The Morgan fingerprint density at radius 3 is 3.08 bits per heavy atom. The molecule has 2 heterocycles. The van der Waals surface area contributed by atoms with Crippen molar-refractivity contribution in [2.75, 3.05) is 5.32 Å². The molecule has 0 aromatic carbocycles. The number of rotatable bonds is 0. The van der Waals surface area contributed by atoms with Gasteiger partial charge in [-0.2, -0.15) is 0 Å². The van der Waals surface area contributed by atoms with Crippen LogP contribution in [0.3, 0.4) is 0 Å². The molecule has 0 amide bonds. The number of anilines is 1. The molecule has 0 unspecified atom stereocenters. The average molecular weight is 221 g/mol. The molecule has 1 aliphatic rings. The van der Waals surface area contributed by atoms with E-state index in [0.29, 0.717) is 0 Å². The Bertz CT molecular complexity index is 343. The molecule has 1 aromatic rings. The normalized spacial score (nSPS) is 18.6. The lowest BCUT2D eigenvalue weighted by Crippen LogP contribution is -2.25. The standard InChI is InChI=1S/C7H6Cl2N2S/c1-4-3-12-5-2-10-7(8,9)11-6(4)5/h2-3,11H,1H3. The van der Waals surface area contributed by atoms with E-state index in [9.17, 15) is 0 Å². The van der Waals surface area contributed by atoms with Gasteiger partial charge in [-0.25, -0.2) is 4.99 Å². The fourth-order valence-corrected chi connectivity index (χ4v) is 2.19. The molecular weight excluding hydrogens is 215 g/mol. The molecule has 0 fully saturated rings. The van der Waals surface area contributed by atoms with E-state index >= 15 is 0 Å². The van der Waals surface area contributed by atoms with Crippen molar-refractivity contribution < 1.29 is 0 Å². The highest BCUT2D eigenvalue weighted by molar-refractivity contribution is 7.12. The zero-order valence-corrected chi connectivity index (χ0v) is 8.59. The van der Waals surface area contributed by atoms with Gasteiger partial charge in [0.25, 0.3) is 4.58 Å². The Labute approximate surface area is 84.2 Å². The van der Waals surface area contributed by atoms with Gasteiger partial charge >= 0.3 is 0 Å². The molecule has 0 radical (unpaired) electrons.